The highest BCUT2D eigenvalue weighted by molar-refractivity contribution is 5.47. The molecule has 0 saturated carbocycles. The summed E-state index contributed by atoms with van der Waals surface area (Å²) in [7, 11) is 0. The van der Waals surface area contributed by atoms with Gasteiger partial charge in [-0.1, -0.05) is 0 Å². The van der Waals surface area contributed by atoms with Gasteiger partial charge in [-0.3, -0.25) is 0 Å². The van der Waals surface area contributed by atoms with E-state index in [9.17, 15) is 8.78 Å². The highest BCUT2D eigenvalue weighted by Crippen LogP contribution is 2.18. The van der Waals surface area contributed by atoms with Gasteiger partial charge in [-0.05, 0) is 6.07 Å². The summed E-state index contributed by atoms with van der Waals surface area (Å²) in [5, 5.41) is 2.71. The second-order valence-electron chi connectivity index (χ2n) is 3.28. The van der Waals surface area contributed by atoms with E-state index >= 15 is 0 Å². The number of nitrogens with one attached hydrogen (secondary N) is 2. The van der Waals surface area contributed by atoms with Crippen LogP contribution in [0.15, 0.2) is 29.1 Å². The third kappa shape index (κ3) is 2.51. The van der Waals surface area contributed by atoms with Crippen LogP contribution in [0, 0.1) is 11.6 Å². The van der Waals surface area contributed by atoms with Crippen molar-refractivity contribution in [2.45, 2.75) is 6.54 Å². The molecule has 4 N–H and O–H groups in total. The fourth-order valence-corrected chi connectivity index (χ4v) is 1.27. The van der Waals surface area contributed by atoms with Crippen molar-refractivity contribution in [3.63, 3.8) is 0 Å². The number of nitrogens with zero attached hydrogens (tertiary/aromatic N) is 1. The number of halogens is 2. The lowest BCUT2D eigenvalue weighted by Gasteiger charge is -2.08. The van der Waals surface area contributed by atoms with Gasteiger partial charge < -0.3 is 15.2 Å². The van der Waals surface area contributed by atoms with Crippen LogP contribution in [-0.4, -0.2) is 4.98 Å². The second-order valence-corrected chi connectivity index (χ2v) is 3.28. The lowest BCUT2D eigenvalue weighted by atomic mass is 10.3. The lowest BCUT2D eigenvalue weighted by molar-refractivity contribution is 0.564. The maximum atomic E-state index is 13.3. The van der Waals surface area contributed by atoms with Crippen LogP contribution in [0.4, 0.5) is 20.4 Å². The van der Waals surface area contributed by atoms with Crippen LogP contribution < -0.4 is 16.6 Å². The van der Waals surface area contributed by atoms with E-state index in [1.54, 1.807) is 6.07 Å². The number of anilines is 2. The third-order valence-electron chi connectivity index (χ3n) is 2.11. The Hall–Kier alpha value is -2.15. The molecule has 2 heterocycles. The van der Waals surface area contributed by atoms with E-state index in [1.807, 2.05) is 5.43 Å². The van der Waals surface area contributed by atoms with Crippen molar-refractivity contribution in [3.05, 3.63) is 41.9 Å². The van der Waals surface area contributed by atoms with Crippen molar-refractivity contribution in [3.8, 4) is 0 Å². The maximum Gasteiger partial charge on any atom is 0.178 e. The smallest absolute Gasteiger partial charge is 0.178 e. The Labute approximate surface area is 95.6 Å². The Morgan fingerprint density at radius 1 is 1.29 bits per heavy atom. The molecular formula is C10H10F2N4O. The first-order valence-corrected chi connectivity index (χ1v) is 4.78. The number of hydrazine groups is 1. The van der Waals surface area contributed by atoms with Crippen molar-refractivity contribution in [2.75, 3.05) is 10.7 Å². The molecule has 90 valence electrons. The van der Waals surface area contributed by atoms with Gasteiger partial charge in [-0.25, -0.2) is 19.6 Å². The molecule has 0 unspecified atom stereocenters. The van der Waals surface area contributed by atoms with Crippen LogP contribution >= 0.6 is 0 Å². The molecule has 0 spiro atoms. The predicted octanol–water partition coefficient (Wildman–Crippen LogP) is 1.85. The van der Waals surface area contributed by atoms with Gasteiger partial charge in [-0.15, -0.1) is 0 Å². The SMILES string of the molecule is NNc1nc(NCc2ccoc2)c(F)cc1F. The van der Waals surface area contributed by atoms with E-state index in [0.29, 0.717) is 12.6 Å². The fourth-order valence-electron chi connectivity index (χ4n) is 1.27. The van der Waals surface area contributed by atoms with Gasteiger partial charge in [0.15, 0.2) is 23.3 Å². The zero-order valence-electron chi connectivity index (χ0n) is 8.71. The molecule has 0 fully saturated rings. The van der Waals surface area contributed by atoms with Crippen molar-refractivity contribution >= 4 is 11.6 Å². The predicted molar refractivity (Wildman–Crippen MR) is 58.0 cm³/mol. The highest BCUT2D eigenvalue weighted by Gasteiger charge is 2.10. The monoisotopic (exact) mass is 240 g/mol. The molecule has 0 aliphatic heterocycles. The average molecular weight is 240 g/mol. The molecule has 2 aromatic heterocycles. The molecule has 2 aromatic rings. The molecule has 0 bridgehead atoms. The normalized spacial score (nSPS) is 10.3. The number of nitrogen functional groups attached to an aromatic ring is 1. The summed E-state index contributed by atoms with van der Waals surface area (Å²) >= 11 is 0. The number of rotatable bonds is 4. The molecule has 7 heteroatoms. The number of nitrogens with two attached hydrogens (primary N) is 1. The van der Waals surface area contributed by atoms with Gasteiger partial charge >= 0.3 is 0 Å². The van der Waals surface area contributed by atoms with Crippen molar-refractivity contribution in [1.29, 1.82) is 0 Å². The van der Waals surface area contributed by atoms with Gasteiger partial charge in [0.25, 0.3) is 0 Å². The van der Waals surface area contributed by atoms with Gasteiger partial charge in [0.1, 0.15) is 0 Å². The minimum Gasteiger partial charge on any atom is -0.472 e. The number of hydrogen-bond acceptors (Lipinski definition) is 5. The molecule has 17 heavy (non-hydrogen) atoms. The van der Waals surface area contributed by atoms with Gasteiger partial charge in [0.2, 0.25) is 0 Å². The summed E-state index contributed by atoms with van der Waals surface area (Å²) < 4.78 is 31.2. The molecule has 0 aliphatic rings. The van der Waals surface area contributed by atoms with Crippen molar-refractivity contribution in [2.24, 2.45) is 5.84 Å². The Balaban J connectivity index is 2.15. The topological polar surface area (TPSA) is 76.1 Å². The van der Waals surface area contributed by atoms with Gasteiger partial charge in [0, 0.05) is 18.2 Å². The summed E-state index contributed by atoms with van der Waals surface area (Å²) in [5.74, 6) is 3.10. The molecule has 0 atom stereocenters. The van der Waals surface area contributed by atoms with E-state index in [4.69, 9.17) is 10.3 Å². The summed E-state index contributed by atoms with van der Waals surface area (Å²) in [6.45, 7) is 0.316. The molecule has 0 aromatic carbocycles. The van der Waals surface area contributed by atoms with E-state index in [2.05, 4.69) is 10.3 Å². The Morgan fingerprint density at radius 3 is 2.71 bits per heavy atom. The number of furan rings is 1. The second kappa shape index (κ2) is 4.79. The standard InChI is InChI=1S/C10H10F2N4O/c11-7-3-8(12)10(16-13)15-9(7)14-4-6-1-2-17-5-6/h1-3,5H,4,13H2,(H2,14,15,16). The molecule has 0 aliphatic carbocycles. The first kappa shape index (κ1) is 11.3. The summed E-state index contributed by atoms with van der Waals surface area (Å²) in [5.41, 5.74) is 2.86. The summed E-state index contributed by atoms with van der Waals surface area (Å²) in [6.07, 6.45) is 3.01. The largest absolute Gasteiger partial charge is 0.472 e. The molecule has 2 rings (SSSR count). The van der Waals surface area contributed by atoms with Crippen molar-refractivity contribution in [1.82, 2.24) is 4.98 Å². The first-order chi connectivity index (χ1) is 8.20. The van der Waals surface area contributed by atoms with Crippen LogP contribution in [-0.2, 0) is 6.54 Å². The summed E-state index contributed by atoms with van der Waals surface area (Å²) in [4.78, 5) is 3.66. The van der Waals surface area contributed by atoms with Gasteiger partial charge in [-0.2, -0.15) is 0 Å². The Bertz CT molecular complexity index is 501. The van der Waals surface area contributed by atoms with Crippen molar-refractivity contribution < 1.29 is 13.2 Å². The average Bonchev–Trinajstić information content (AvgIpc) is 2.81. The first-order valence-electron chi connectivity index (χ1n) is 4.78. The highest BCUT2D eigenvalue weighted by atomic mass is 19.1. The Kier molecular flexibility index (Phi) is 3.20. The minimum atomic E-state index is -0.848. The lowest BCUT2D eigenvalue weighted by Crippen LogP contribution is -2.13. The van der Waals surface area contributed by atoms with Crippen LogP contribution in [0.3, 0.4) is 0 Å². The fraction of sp³-hybridized carbons (Fsp3) is 0.100. The van der Waals surface area contributed by atoms with Crippen LogP contribution in [0.25, 0.3) is 0 Å². The molecule has 0 saturated heterocycles. The molecule has 0 radical (unpaired) electrons. The Morgan fingerprint density at radius 2 is 2.06 bits per heavy atom. The quantitative estimate of drug-likeness (QED) is 0.561. The summed E-state index contributed by atoms with van der Waals surface area (Å²) in [6, 6.07) is 2.43. The van der Waals surface area contributed by atoms with E-state index < -0.39 is 11.6 Å². The van der Waals surface area contributed by atoms with Crippen LogP contribution in [0.5, 0.6) is 0 Å². The number of aromatic nitrogens is 1. The number of pyridine rings is 1. The van der Waals surface area contributed by atoms with E-state index in [1.165, 1.54) is 12.5 Å². The zero-order chi connectivity index (χ0) is 12.3. The molecular weight excluding hydrogens is 230 g/mol. The third-order valence-corrected chi connectivity index (χ3v) is 2.11. The maximum absolute atomic E-state index is 13.3. The van der Waals surface area contributed by atoms with Crippen LogP contribution in [0.1, 0.15) is 5.56 Å². The number of hydrogen-bond donors (Lipinski definition) is 3. The van der Waals surface area contributed by atoms with E-state index in [-0.39, 0.29) is 11.6 Å². The zero-order valence-corrected chi connectivity index (χ0v) is 8.71. The van der Waals surface area contributed by atoms with E-state index in [0.717, 1.165) is 5.56 Å². The molecule has 5 nitrogen and oxygen atoms in total. The van der Waals surface area contributed by atoms with Crippen LogP contribution in [0.2, 0.25) is 0 Å². The molecule has 0 amide bonds. The van der Waals surface area contributed by atoms with Gasteiger partial charge in [0.05, 0.1) is 12.5 Å². The minimum absolute atomic E-state index is 0.0828.